The van der Waals surface area contributed by atoms with Gasteiger partial charge in [-0.25, -0.2) is 4.98 Å². The molecule has 3 rings (SSSR count). The van der Waals surface area contributed by atoms with Crippen LogP contribution in [0.5, 0.6) is 11.5 Å². The summed E-state index contributed by atoms with van der Waals surface area (Å²) in [5.74, 6) is 1.42. The Bertz CT molecular complexity index is 964. The van der Waals surface area contributed by atoms with Crippen LogP contribution in [0.1, 0.15) is 24.4 Å². The van der Waals surface area contributed by atoms with E-state index in [-0.39, 0.29) is 11.9 Å². The van der Waals surface area contributed by atoms with Gasteiger partial charge < -0.3 is 19.8 Å². The van der Waals surface area contributed by atoms with Gasteiger partial charge in [-0.2, -0.15) is 0 Å². The van der Waals surface area contributed by atoms with Crippen molar-refractivity contribution in [3.63, 3.8) is 0 Å². The molecule has 3 aromatic rings. The molecule has 0 radical (unpaired) electrons. The van der Waals surface area contributed by atoms with Crippen LogP contribution >= 0.6 is 11.6 Å². The zero-order valence-electron chi connectivity index (χ0n) is 15.2. The Balaban J connectivity index is 1.70. The Hall–Kier alpha value is -2.99. The first-order valence-corrected chi connectivity index (χ1v) is 8.74. The van der Waals surface area contributed by atoms with Gasteiger partial charge in [0.05, 0.1) is 36.3 Å². The van der Waals surface area contributed by atoms with Crippen LogP contribution in [0.2, 0.25) is 5.02 Å². The summed E-state index contributed by atoms with van der Waals surface area (Å²) in [7, 11) is 3.05. The largest absolute Gasteiger partial charge is 0.493 e. The number of aromatic nitrogens is 2. The van der Waals surface area contributed by atoms with Gasteiger partial charge in [-0.15, -0.1) is 0 Å². The average Bonchev–Trinajstić information content (AvgIpc) is 3.10. The van der Waals surface area contributed by atoms with E-state index in [9.17, 15) is 4.79 Å². The summed E-state index contributed by atoms with van der Waals surface area (Å²) in [4.78, 5) is 20.0. The predicted octanol–water partition coefficient (Wildman–Crippen LogP) is 4.12. The minimum absolute atomic E-state index is 0.242. The molecule has 1 aromatic heterocycles. The second-order valence-electron chi connectivity index (χ2n) is 5.94. The molecule has 0 aliphatic carbocycles. The van der Waals surface area contributed by atoms with E-state index in [4.69, 9.17) is 21.1 Å². The number of H-pyrrole nitrogens is 1. The van der Waals surface area contributed by atoms with Gasteiger partial charge in [0.1, 0.15) is 5.82 Å². The number of carbonyl (C=O) groups is 1. The number of aromatic amines is 1. The minimum atomic E-state index is -0.261. The lowest BCUT2D eigenvalue weighted by Gasteiger charge is -2.11. The highest BCUT2D eigenvalue weighted by molar-refractivity contribution is 6.32. The van der Waals surface area contributed by atoms with E-state index >= 15 is 0 Å². The Morgan fingerprint density at radius 2 is 2.04 bits per heavy atom. The summed E-state index contributed by atoms with van der Waals surface area (Å²) in [6.07, 6.45) is 3.10. The zero-order chi connectivity index (χ0) is 19.4. The van der Waals surface area contributed by atoms with Crippen LogP contribution in [0.15, 0.2) is 42.5 Å². The molecule has 6 nitrogen and oxygen atoms in total. The van der Waals surface area contributed by atoms with Crippen molar-refractivity contribution in [2.45, 2.75) is 13.0 Å². The lowest BCUT2D eigenvalue weighted by atomic mass is 10.2. The third-order valence-corrected chi connectivity index (χ3v) is 4.34. The number of amides is 1. The molecular formula is C20H20ClN3O3. The third-order valence-electron chi connectivity index (χ3n) is 4.06. The van der Waals surface area contributed by atoms with E-state index in [1.165, 1.54) is 20.3 Å². The normalized spacial score (nSPS) is 12.3. The molecule has 0 fully saturated rings. The number of rotatable bonds is 6. The number of nitrogens with one attached hydrogen (secondary N) is 2. The smallest absolute Gasteiger partial charge is 0.244 e. The SMILES string of the molecule is COc1cc(/C=C/C(=O)NC(C)c2nc3ccccc3[nH]2)cc(Cl)c1OC. The molecule has 0 aliphatic heterocycles. The van der Waals surface area contributed by atoms with E-state index in [0.29, 0.717) is 22.3 Å². The summed E-state index contributed by atoms with van der Waals surface area (Å²) < 4.78 is 10.5. The maximum Gasteiger partial charge on any atom is 0.244 e. The van der Waals surface area contributed by atoms with E-state index in [2.05, 4.69) is 15.3 Å². The molecule has 0 saturated carbocycles. The molecule has 0 bridgehead atoms. The van der Waals surface area contributed by atoms with Gasteiger partial charge >= 0.3 is 0 Å². The number of benzene rings is 2. The van der Waals surface area contributed by atoms with Gasteiger partial charge in [-0.1, -0.05) is 23.7 Å². The van der Waals surface area contributed by atoms with Crippen molar-refractivity contribution in [1.82, 2.24) is 15.3 Å². The number of fused-ring (bicyclic) bond motifs is 1. The molecule has 1 atom stereocenters. The molecule has 7 heteroatoms. The lowest BCUT2D eigenvalue weighted by Crippen LogP contribution is -2.25. The summed E-state index contributed by atoms with van der Waals surface area (Å²) in [6, 6.07) is 10.9. The average molecular weight is 386 g/mol. The number of para-hydroxylation sites is 2. The fourth-order valence-corrected chi connectivity index (χ4v) is 3.01. The number of ether oxygens (including phenoxy) is 2. The summed E-state index contributed by atoms with van der Waals surface area (Å²) in [6.45, 7) is 1.87. The molecule has 2 N–H and O–H groups in total. The van der Waals surface area contributed by atoms with Gasteiger partial charge in [0.25, 0.3) is 0 Å². The highest BCUT2D eigenvalue weighted by Gasteiger charge is 2.13. The maximum absolute atomic E-state index is 12.2. The number of carbonyl (C=O) groups excluding carboxylic acids is 1. The van der Waals surface area contributed by atoms with Gasteiger partial charge in [0.2, 0.25) is 5.91 Å². The van der Waals surface area contributed by atoms with Gasteiger partial charge in [0, 0.05) is 6.08 Å². The van der Waals surface area contributed by atoms with Crippen LogP contribution in [0.3, 0.4) is 0 Å². The van der Waals surface area contributed by atoms with Crippen molar-refractivity contribution in [2.75, 3.05) is 14.2 Å². The zero-order valence-corrected chi connectivity index (χ0v) is 16.0. The van der Waals surface area contributed by atoms with Crippen molar-refractivity contribution < 1.29 is 14.3 Å². The van der Waals surface area contributed by atoms with Crippen molar-refractivity contribution >= 4 is 34.6 Å². The van der Waals surface area contributed by atoms with Crippen LogP contribution in [0.25, 0.3) is 17.1 Å². The number of hydrogen-bond acceptors (Lipinski definition) is 4. The van der Waals surface area contributed by atoms with Crippen molar-refractivity contribution in [3.8, 4) is 11.5 Å². The summed E-state index contributed by atoms with van der Waals surface area (Å²) >= 11 is 6.18. The second-order valence-corrected chi connectivity index (χ2v) is 6.35. The Morgan fingerprint density at radius 3 is 2.74 bits per heavy atom. The molecule has 1 amide bonds. The molecule has 2 aromatic carbocycles. The molecule has 0 saturated heterocycles. The van der Waals surface area contributed by atoms with Crippen LogP contribution in [-0.4, -0.2) is 30.1 Å². The van der Waals surface area contributed by atoms with E-state index < -0.39 is 0 Å². The Kier molecular flexibility index (Phi) is 5.66. The molecule has 27 heavy (non-hydrogen) atoms. The van der Waals surface area contributed by atoms with Gasteiger partial charge in [-0.05, 0) is 42.8 Å². The van der Waals surface area contributed by atoms with Gasteiger partial charge in [0.15, 0.2) is 11.5 Å². The van der Waals surface area contributed by atoms with Crippen molar-refractivity contribution in [3.05, 3.63) is 58.9 Å². The number of methoxy groups -OCH3 is 2. The quantitative estimate of drug-likeness (QED) is 0.626. The number of imidazole rings is 1. The fourth-order valence-electron chi connectivity index (χ4n) is 2.71. The molecular weight excluding hydrogens is 366 g/mol. The highest BCUT2D eigenvalue weighted by atomic mass is 35.5. The molecule has 0 aliphatic rings. The van der Waals surface area contributed by atoms with Crippen LogP contribution < -0.4 is 14.8 Å². The molecule has 0 spiro atoms. The van der Waals surface area contributed by atoms with Crippen molar-refractivity contribution in [1.29, 1.82) is 0 Å². The van der Waals surface area contributed by atoms with Gasteiger partial charge in [-0.3, -0.25) is 4.79 Å². The molecule has 1 unspecified atom stereocenters. The first kappa shape index (κ1) is 18.8. The number of hydrogen-bond donors (Lipinski definition) is 2. The monoisotopic (exact) mass is 385 g/mol. The highest BCUT2D eigenvalue weighted by Crippen LogP contribution is 2.36. The maximum atomic E-state index is 12.2. The molecule has 1 heterocycles. The topological polar surface area (TPSA) is 76.2 Å². The number of halogens is 1. The first-order chi connectivity index (χ1) is 13.0. The minimum Gasteiger partial charge on any atom is -0.493 e. The number of nitrogens with zero attached hydrogens (tertiary/aromatic N) is 1. The van der Waals surface area contributed by atoms with E-state index in [0.717, 1.165) is 16.6 Å². The standard InChI is InChI=1S/C20H20ClN3O3/c1-12(20-23-15-6-4-5-7-16(15)24-20)22-18(25)9-8-13-10-14(21)19(27-3)17(11-13)26-2/h4-12H,1-3H3,(H,22,25)(H,23,24)/b9-8+. The van der Waals surface area contributed by atoms with Crippen LogP contribution in [-0.2, 0) is 4.79 Å². The third kappa shape index (κ3) is 4.23. The Labute approximate surface area is 162 Å². The van der Waals surface area contributed by atoms with Crippen molar-refractivity contribution in [2.24, 2.45) is 0 Å². The second kappa shape index (κ2) is 8.14. The lowest BCUT2D eigenvalue weighted by molar-refractivity contribution is -0.117. The summed E-state index contributed by atoms with van der Waals surface area (Å²) in [5.41, 5.74) is 2.53. The van der Waals surface area contributed by atoms with E-state index in [1.54, 1.807) is 18.2 Å². The Morgan fingerprint density at radius 1 is 1.26 bits per heavy atom. The first-order valence-electron chi connectivity index (χ1n) is 8.36. The predicted molar refractivity (Wildman–Crippen MR) is 106 cm³/mol. The van der Waals surface area contributed by atoms with Crippen LogP contribution in [0.4, 0.5) is 0 Å². The molecule has 140 valence electrons. The summed E-state index contributed by atoms with van der Waals surface area (Å²) in [5, 5.41) is 3.29. The fraction of sp³-hybridized carbons (Fsp3) is 0.200. The van der Waals surface area contributed by atoms with Crippen LogP contribution in [0, 0.1) is 0 Å². The van der Waals surface area contributed by atoms with E-state index in [1.807, 2.05) is 31.2 Å².